The fraction of sp³-hybridized carbons (Fsp3) is 0.800. The number of aliphatic carboxylic acids is 1. The van der Waals surface area contributed by atoms with Crippen molar-refractivity contribution in [2.75, 3.05) is 26.2 Å². The Hall–Kier alpha value is -1.83. The number of carboxylic acids is 1. The Kier molecular flexibility index (Phi) is 6.64. The van der Waals surface area contributed by atoms with Crippen LogP contribution in [0.2, 0.25) is 0 Å². The molecule has 1 saturated heterocycles. The van der Waals surface area contributed by atoms with Crippen LogP contribution in [-0.2, 0) is 14.3 Å². The average Bonchev–Trinajstić information content (AvgIpc) is 2.53. The van der Waals surface area contributed by atoms with Gasteiger partial charge in [-0.25, -0.2) is 4.79 Å². The van der Waals surface area contributed by atoms with E-state index in [-0.39, 0.29) is 37.5 Å². The molecule has 2 aliphatic rings. The molecule has 0 spiro atoms. The van der Waals surface area contributed by atoms with E-state index in [1.54, 1.807) is 0 Å². The monoisotopic (exact) mass is 327 g/mol. The average molecular weight is 327 g/mol. The lowest BCUT2D eigenvalue weighted by Gasteiger charge is -2.32. The van der Waals surface area contributed by atoms with Crippen LogP contribution in [0.15, 0.2) is 0 Å². The van der Waals surface area contributed by atoms with E-state index in [1.165, 1.54) is 11.3 Å². The lowest BCUT2D eigenvalue weighted by molar-refractivity contribution is -0.147. The summed E-state index contributed by atoms with van der Waals surface area (Å²) in [5.74, 6) is -1.17. The number of hydrogen-bond acceptors (Lipinski definition) is 4. The molecule has 8 nitrogen and oxygen atoms in total. The van der Waals surface area contributed by atoms with Gasteiger partial charge in [0.15, 0.2) is 0 Å². The second-order valence-corrected chi connectivity index (χ2v) is 6.09. The molecule has 0 radical (unpaired) electrons. The predicted molar refractivity (Wildman–Crippen MR) is 82.0 cm³/mol. The summed E-state index contributed by atoms with van der Waals surface area (Å²) in [4.78, 5) is 36.2. The van der Waals surface area contributed by atoms with Gasteiger partial charge in [0, 0.05) is 19.1 Å². The third kappa shape index (κ3) is 6.05. The molecule has 0 aromatic carbocycles. The highest BCUT2D eigenvalue weighted by Crippen LogP contribution is 2.17. The van der Waals surface area contributed by atoms with Crippen LogP contribution in [0.1, 0.15) is 38.5 Å². The fourth-order valence-electron chi connectivity index (χ4n) is 3.02. The number of hydrogen-bond donors (Lipinski definition) is 3. The zero-order chi connectivity index (χ0) is 16.7. The number of nitrogens with zero attached hydrogens (tertiary/aromatic N) is 1. The Morgan fingerprint density at radius 1 is 1.17 bits per heavy atom. The fourth-order valence-corrected chi connectivity index (χ4v) is 3.02. The van der Waals surface area contributed by atoms with E-state index in [0.29, 0.717) is 13.2 Å². The maximum absolute atomic E-state index is 12.1. The molecule has 8 heteroatoms. The van der Waals surface area contributed by atoms with Gasteiger partial charge in [-0.2, -0.15) is 0 Å². The predicted octanol–water partition coefficient (Wildman–Crippen LogP) is 0.320. The topological polar surface area (TPSA) is 108 Å². The van der Waals surface area contributed by atoms with Gasteiger partial charge in [-0.1, -0.05) is 19.3 Å². The molecule has 23 heavy (non-hydrogen) atoms. The molecule has 0 aromatic heterocycles. The molecule has 3 amide bonds. The molecular formula is C15H25N3O5. The number of urea groups is 1. The number of nitrogens with one attached hydrogen (secondary N) is 2. The van der Waals surface area contributed by atoms with Crippen LogP contribution in [0.4, 0.5) is 4.79 Å². The number of carbonyl (C=O) groups excluding carboxylic acids is 2. The minimum Gasteiger partial charge on any atom is -0.481 e. The molecular weight excluding hydrogens is 302 g/mol. The third-order valence-corrected chi connectivity index (χ3v) is 4.23. The van der Waals surface area contributed by atoms with Gasteiger partial charge in [0.05, 0.1) is 25.7 Å². The van der Waals surface area contributed by atoms with E-state index in [1.807, 2.05) is 0 Å². The van der Waals surface area contributed by atoms with Crippen molar-refractivity contribution in [1.82, 2.24) is 15.5 Å². The maximum Gasteiger partial charge on any atom is 0.315 e. The molecule has 0 bridgehead atoms. The first-order valence-corrected chi connectivity index (χ1v) is 8.20. The maximum atomic E-state index is 12.1. The summed E-state index contributed by atoms with van der Waals surface area (Å²) in [5, 5.41) is 14.2. The highest BCUT2D eigenvalue weighted by Gasteiger charge is 2.26. The van der Waals surface area contributed by atoms with Crippen molar-refractivity contribution >= 4 is 17.9 Å². The van der Waals surface area contributed by atoms with Gasteiger partial charge in [0.2, 0.25) is 5.91 Å². The number of carboxylic acid groups (broad SMARTS) is 1. The quantitative estimate of drug-likeness (QED) is 0.674. The Balaban J connectivity index is 1.68. The van der Waals surface area contributed by atoms with Gasteiger partial charge >= 0.3 is 12.0 Å². The molecule has 130 valence electrons. The highest BCUT2D eigenvalue weighted by molar-refractivity contribution is 5.84. The van der Waals surface area contributed by atoms with Crippen molar-refractivity contribution in [1.29, 1.82) is 0 Å². The largest absolute Gasteiger partial charge is 0.481 e. The SMILES string of the molecule is O=C(O)CC1CN(C(=O)CNC(=O)NC2CCCCC2)CCO1. The standard InChI is InChI=1S/C15H25N3O5/c19-13(18-6-7-23-12(10-18)8-14(20)21)9-16-15(22)17-11-4-2-1-3-5-11/h11-12H,1-10H2,(H,20,21)(H2,16,17,22). The van der Waals surface area contributed by atoms with E-state index in [9.17, 15) is 14.4 Å². The van der Waals surface area contributed by atoms with Crippen molar-refractivity contribution in [3.63, 3.8) is 0 Å². The van der Waals surface area contributed by atoms with Gasteiger partial charge in [-0.15, -0.1) is 0 Å². The Labute approximate surface area is 135 Å². The number of carbonyl (C=O) groups is 3. The van der Waals surface area contributed by atoms with Crippen molar-refractivity contribution in [2.24, 2.45) is 0 Å². The lowest BCUT2D eigenvalue weighted by atomic mass is 9.96. The second-order valence-electron chi connectivity index (χ2n) is 6.09. The Bertz CT molecular complexity index is 437. The molecule has 1 aliphatic carbocycles. The summed E-state index contributed by atoms with van der Waals surface area (Å²) in [5.41, 5.74) is 0. The normalized spacial score (nSPS) is 22.4. The Morgan fingerprint density at radius 2 is 1.91 bits per heavy atom. The zero-order valence-electron chi connectivity index (χ0n) is 13.3. The summed E-state index contributed by atoms with van der Waals surface area (Å²) >= 11 is 0. The molecule has 1 atom stereocenters. The van der Waals surface area contributed by atoms with Gasteiger partial charge in [0.25, 0.3) is 0 Å². The van der Waals surface area contributed by atoms with E-state index in [4.69, 9.17) is 9.84 Å². The molecule has 0 aromatic rings. The molecule has 3 N–H and O–H groups in total. The van der Waals surface area contributed by atoms with Crippen molar-refractivity contribution in [3.05, 3.63) is 0 Å². The number of rotatable bonds is 5. The first kappa shape index (κ1) is 17.5. The second kappa shape index (κ2) is 8.71. The minimum atomic E-state index is -0.950. The lowest BCUT2D eigenvalue weighted by Crippen LogP contribution is -2.51. The number of amides is 3. The van der Waals surface area contributed by atoms with Gasteiger partial charge in [-0.3, -0.25) is 9.59 Å². The third-order valence-electron chi connectivity index (χ3n) is 4.23. The van der Waals surface area contributed by atoms with E-state index in [0.717, 1.165) is 25.7 Å². The summed E-state index contributed by atoms with van der Waals surface area (Å²) in [6.45, 7) is 0.897. The van der Waals surface area contributed by atoms with Crippen LogP contribution in [0.25, 0.3) is 0 Å². The summed E-state index contributed by atoms with van der Waals surface area (Å²) in [7, 11) is 0. The molecule has 2 rings (SSSR count). The molecule has 1 aliphatic heterocycles. The first-order valence-electron chi connectivity index (χ1n) is 8.20. The van der Waals surface area contributed by atoms with Crippen LogP contribution < -0.4 is 10.6 Å². The van der Waals surface area contributed by atoms with Gasteiger partial charge in [0.1, 0.15) is 0 Å². The smallest absolute Gasteiger partial charge is 0.315 e. The number of ether oxygens (including phenoxy) is 1. The first-order chi connectivity index (χ1) is 11.0. The summed E-state index contributed by atoms with van der Waals surface area (Å²) in [6.07, 6.45) is 4.84. The van der Waals surface area contributed by atoms with E-state index >= 15 is 0 Å². The van der Waals surface area contributed by atoms with Gasteiger partial charge in [-0.05, 0) is 12.8 Å². The molecule has 1 heterocycles. The van der Waals surface area contributed by atoms with Crippen LogP contribution >= 0.6 is 0 Å². The van der Waals surface area contributed by atoms with Crippen molar-refractivity contribution in [2.45, 2.75) is 50.7 Å². The van der Waals surface area contributed by atoms with Crippen LogP contribution in [0.5, 0.6) is 0 Å². The van der Waals surface area contributed by atoms with Crippen LogP contribution in [-0.4, -0.2) is 66.3 Å². The molecule has 2 fully saturated rings. The van der Waals surface area contributed by atoms with Gasteiger partial charge < -0.3 is 25.4 Å². The van der Waals surface area contributed by atoms with Crippen molar-refractivity contribution in [3.8, 4) is 0 Å². The molecule has 1 unspecified atom stereocenters. The van der Waals surface area contributed by atoms with Crippen LogP contribution in [0, 0.1) is 0 Å². The number of morpholine rings is 1. The highest BCUT2D eigenvalue weighted by atomic mass is 16.5. The summed E-state index contributed by atoms with van der Waals surface area (Å²) < 4.78 is 5.32. The van der Waals surface area contributed by atoms with Crippen LogP contribution in [0.3, 0.4) is 0 Å². The van der Waals surface area contributed by atoms with E-state index < -0.39 is 12.1 Å². The van der Waals surface area contributed by atoms with Crippen molar-refractivity contribution < 1.29 is 24.2 Å². The molecule has 1 saturated carbocycles. The van der Waals surface area contributed by atoms with E-state index in [2.05, 4.69) is 10.6 Å². The zero-order valence-corrected chi connectivity index (χ0v) is 13.3. The Morgan fingerprint density at radius 3 is 2.61 bits per heavy atom. The summed E-state index contributed by atoms with van der Waals surface area (Å²) in [6, 6.07) is -0.122. The minimum absolute atomic E-state index is 0.0850.